The third kappa shape index (κ3) is 4.00. The molecule has 2 rings (SSSR count). The number of rotatable bonds is 4. The van der Waals surface area contributed by atoms with Crippen LogP contribution in [-0.4, -0.2) is 50.3 Å². The van der Waals surface area contributed by atoms with E-state index in [2.05, 4.69) is 29.1 Å². The lowest BCUT2D eigenvalue weighted by Crippen LogP contribution is -2.40. The predicted octanol–water partition coefficient (Wildman–Crippen LogP) is 2.22. The molecular formula is C17H27N3O3. The van der Waals surface area contributed by atoms with Gasteiger partial charge in [0.15, 0.2) is 17.5 Å². The molecular weight excluding hydrogens is 294 g/mol. The van der Waals surface area contributed by atoms with E-state index in [0.29, 0.717) is 23.5 Å². The number of likely N-dealkylation sites (tertiary alicyclic amines) is 1. The molecule has 1 aliphatic heterocycles. The van der Waals surface area contributed by atoms with Gasteiger partial charge in [-0.1, -0.05) is 13.8 Å². The molecule has 0 bridgehead atoms. The molecule has 2 N–H and O–H groups in total. The van der Waals surface area contributed by atoms with Gasteiger partial charge in [-0.15, -0.1) is 0 Å². The van der Waals surface area contributed by atoms with Crippen molar-refractivity contribution in [3.8, 4) is 17.2 Å². The molecule has 0 aliphatic carbocycles. The summed E-state index contributed by atoms with van der Waals surface area (Å²) in [4.78, 5) is 6.65. The standard InChI is InChI=1S/C17H27N3O3/c1-17(2)6-7-20(11-17)16(18-3)19-10-12-8-13(22-4)15(21)14(9-12)23-5/h8-9,21H,6-7,10-11H2,1-5H3,(H,18,19). The Hall–Kier alpha value is -2.11. The van der Waals surface area contributed by atoms with Crippen molar-refractivity contribution in [1.82, 2.24) is 10.2 Å². The number of phenolic OH excluding ortho intramolecular Hbond substituents is 1. The molecule has 1 aromatic carbocycles. The number of nitrogens with one attached hydrogen (secondary N) is 1. The Kier molecular flexibility index (Phi) is 5.23. The van der Waals surface area contributed by atoms with Crippen LogP contribution in [0.25, 0.3) is 0 Å². The number of benzene rings is 1. The number of guanidine groups is 1. The maximum absolute atomic E-state index is 9.96. The lowest BCUT2D eigenvalue weighted by atomic mass is 9.93. The summed E-state index contributed by atoms with van der Waals surface area (Å²) < 4.78 is 10.4. The Morgan fingerprint density at radius 3 is 2.35 bits per heavy atom. The summed E-state index contributed by atoms with van der Waals surface area (Å²) in [5.41, 5.74) is 1.28. The van der Waals surface area contributed by atoms with E-state index < -0.39 is 0 Å². The molecule has 1 aromatic rings. The molecule has 1 aliphatic rings. The highest BCUT2D eigenvalue weighted by Crippen LogP contribution is 2.37. The van der Waals surface area contributed by atoms with Gasteiger partial charge in [0, 0.05) is 26.7 Å². The van der Waals surface area contributed by atoms with Crippen molar-refractivity contribution in [3.05, 3.63) is 17.7 Å². The molecule has 0 unspecified atom stereocenters. The average molecular weight is 321 g/mol. The second-order valence-electron chi connectivity index (χ2n) is 6.59. The zero-order chi connectivity index (χ0) is 17.0. The molecule has 1 saturated heterocycles. The minimum Gasteiger partial charge on any atom is -0.502 e. The van der Waals surface area contributed by atoms with Gasteiger partial charge in [0.25, 0.3) is 0 Å². The van der Waals surface area contributed by atoms with Gasteiger partial charge in [0.2, 0.25) is 5.75 Å². The average Bonchev–Trinajstić information content (AvgIpc) is 2.89. The molecule has 1 heterocycles. The van der Waals surface area contributed by atoms with Crippen molar-refractivity contribution in [2.24, 2.45) is 10.4 Å². The number of phenols is 1. The fourth-order valence-electron chi connectivity index (χ4n) is 2.86. The Labute approximate surface area is 138 Å². The summed E-state index contributed by atoms with van der Waals surface area (Å²) in [6, 6.07) is 3.60. The third-order valence-corrected chi connectivity index (χ3v) is 4.18. The molecule has 0 atom stereocenters. The van der Waals surface area contributed by atoms with Crippen LogP contribution in [0.5, 0.6) is 17.2 Å². The minimum absolute atomic E-state index is 0.0180. The van der Waals surface area contributed by atoms with E-state index in [9.17, 15) is 5.11 Å². The van der Waals surface area contributed by atoms with Gasteiger partial charge in [-0.05, 0) is 29.5 Å². The Bertz CT molecular complexity index is 559. The second kappa shape index (κ2) is 6.98. The van der Waals surface area contributed by atoms with Gasteiger partial charge < -0.3 is 24.8 Å². The fraction of sp³-hybridized carbons (Fsp3) is 0.588. The van der Waals surface area contributed by atoms with E-state index in [1.54, 1.807) is 19.2 Å². The summed E-state index contributed by atoms with van der Waals surface area (Å²) >= 11 is 0. The second-order valence-corrected chi connectivity index (χ2v) is 6.59. The van der Waals surface area contributed by atoms with E-state index in [4.69, 9.17) is 9.47 Å². The summed E-state index contributed by atoms with van der Waals surface area (Å²) in [5.74, 6) is 1.71. The van der Waals surface area contributed by atoms with E-state index in [0.717, 1.165) is 31.0 Å². The van der Waals surface area contributed by atoms with Crippen molar-refractivity contribution in [3.63, 3.8) is 0 Å². The largest absolute Gasteiger partial charge is 0.502 e. The fourth-order valence-corrected chi connectivity index (χ4v) is 2.86. The van der Waals surface area contributed by atoms with E-state index in [1.165, 1.54) is 14.2 Å². The van der Waals surface area contributed by atoms with Gasteiger partial charge >= 0.3 is 0 Å². The summed E-state index contributed by atoms with van der Waals surface area (Å²) in [6.45, 7) is 7.13. The van der Waals surface area contributed by atoms with Crippen molar-refractivity contribution < 1.29 is 14.6 Å². The van der Waals surface area contributed by atoms with Gasteiger partial charge in [-0.2, -0.15) is 0 Å². The van der Waals surface area contributed by atoms with Crippen LogP contribution >= 0.6 is 0 Å². The van der Waals surface area contributed by atoms with E-state index in [-0.39, 0.29) is 5.75 Å². The highest BCUT2D eigenvalue weighted by atomic mass is 16.5. The van der Waals surface area contributed by atoms with Gasteiger partial charge in [-0.25, -0.2) is 0 Å². The number of hydrogen-bond acceptors (Lipinski definition) is 4. The first-order valence-electron chi connectivity index (χ1n) is 7.79. The van der Waals surface area contributed by atoms with E-state index >= 15 is 0 Å². The monoisotopic (exact) mass is 321 g/mol. The lowest BCUT2D eigenvalue weighted by Gasteiger charge is -2.24. The Morgan fingerprint density at radius 1 is 1.30 bits per heavy atom. The topological polar surface area (TPSA) is 66.3 Å². The van der Waals surface area contributed by atoms with E-state index in [1.807, 2.05) is 0 Å². The van der Waals surface area contributed by atoms with Crippen LogP contribution in [0, 0.1) is 5.41 Å². The van der Waals surface area contributed by atoms with Crippen LogP contribution in [-0.2, 0) is 6.54 Å². The lowest BCUT2D eigenvalue weighted by molar-refractivity contribution is 0.339. The van der Waals surface area contributed by atoms with Crippen LogP contribution in [0.3, 0.4) is 0 Å². The molecule has 6 nitrogen and oxygen atoms in total. The number of aliphatic imine (C=N–C) groups is 1. The van der Waals surface area contributed by atoms with Gasteiger partial charge in [0.05, 0.1) is 14.2 Å². The highest BCUT2D eigenvalue weighted by Gasteiger charge is 2.30. The Morgan fingerprint density at radius 2 is 1.91 bits per heavy atom. The van der Waals surface area contributed by atoms with Crippen molar-refractivity contribution in [2.45, 2.75) is 26.8 Å². The first-order valence-corrected chi connectivity index (χ1v) is 7.79. The molecule has 0 radical (unpaired) electrons. The zero-order valence-electron chi connectivity index (χ0n) is 14.6. The van der Waals surface area contributed by atoms with Crippen molar-refractivity contribution >= 4 is 5.96 Å². The molecule has 0 aromatic heterocycles. The van der Waals surface area contributed by atoms with Crippen LogP contribution in [0.15, 0.2) is 17.1 Å². The van der Waals surface area contributed by atoms with Crippen LogP contribution in [0.1, 0.15) is 25.8 Å². The van der Waals surface area contributed by atoms with Crippen molar-refractivity contribution in [1.29, 1.82) is 0 Å². The minimum atomic E-state index is 0.0180. The smallest absolute Gasteiger partial charge is 0.200 e. The Balaban J connectivity index is 2.08. The maximum atomic E-state index is 9.96. The number of hydrogen-bond donors (Lipinski definition) is 2. The first kappa shape index (κ1) is 17.2. The number of methoxy groups -OCH3 is 2. The normalized spacial score (nSPS) is 17.3. The quantitative estimate of drug-likeness (QED) is 0.657. The van der Waals surface area contributed by atoms with Crippen LogP contribution in [0.2, 0.25) is 0 Å². The number of ether oxygens (including phenoxy) is 2. The molecule has 0 amide bonds. The number of aromatic hydroxyl groups is 1. The maximum Gasteiger partial charge on any atom is 0.200 e. The summed E-state index contributed by atoms with van der Waals surface area (Å²) in [6.07, 6.45) is 1.16. The first-order chi connectivity index (χ1) is 10.9. The molecule has 23 heavy (non-hydrogen) atoms. The van der Waals surface area contributed by atoms with Crippen LogP contribution in [0.4, 0.5) is 0 Å². The molecule has 0 saturated carbocycles. The SMILES string of the molecule is CN=C(NCc1cc(OC)c(O)c(OC)c1)N1CCC(C)(C)C1. The van der Waals surface area contributed by atoms with Gasteiger partial charge in [-0.3, -0.25) is 4.99 Å². The summed E-state index contributed by atoms with van der Waals surface area (Å²) in [5, 5.41) is 13.3. The molecule has 1 fully saturated rings. The summed E-state index contributed by atoms with van der Waals surface area (Å²) in [7, 11) is 4.85. The molecule has 6 heteroatoms. The van der Waals surface area contributed by atoms with Crippen LogP contribution < -0.4 is 14.8 Å². The molecule has 128 valence electrons. The molecule has 0 spiro atoms. The van der Waals surface area contributed by atoms with Crippen molar-refractivity contribution in [2.75, 3.05) is 34.4 Å². The zero-order valence-corrected chi connectivity index (χ0v) is 14.6. The third-order valence-electron chi connectivity index (χ3n) is 4.18. The highest BCUT2D eigenvalue weighted by molar-refractivity contribution is 5.80. The predicted molar refractivity (Wildman–Crippen MR) is 91.4 cm³/mol. The van der Waals surface area contributed by atoms with Gasteiger partial charge in [0.1, 0.15) is 0 Å². The number of nitrogens with zero attached hydrogens (tertiary/aromatic N) is 2.